The van der Waals surface area contributed by atoms with E-state index in [0.717, 1.165) is 24.4 Å². The topological polar surface area (TPSA) is 52.8 Å². The molecule has 5 nitrogen and oxygen atoms in total. The molecule has 0 aromatic heterocycles. The highest BCUT2D eigenvalue weighted by atomic mass is 19.1. The van der Waals surface area contributed by atoms with E-state index < -0.39 is 5.67 Å². The van der Waals surface area contributed by atoms with Gasteiger partial charge < -0.3 is 15.5 Å². The predicted molar refractivity (Wildman–Crippen MR) is 157 cm³/mol. The highest BCUT2D eigenvalue weighted by molar-refractivity contribution is 5.81. The first-order valence-corrected chi connectivity index (χ1v) is 15.4. The third-order valence-electron chi connectivity index (χ3n) is 9.81. The fraction of sp³-hybridized carbons (Fsp3) is 0.667. The van der Waals surface area contributed by atoms with Gasteiger partial charge in [-0.3, -0.25) is 9.69 Å². The number of alkyl halides is 1. The molecule has 1 saturated carbocycles. The van der Waals surface area contributed by atoms with Crippen LogP contribution in [0.1, 0.15) is 76.3 Å². The van der Waals surface area contributed by atoms with Crippen molar-refractivity contribution in [1.29, 1.82) is 0 Å². The molecule has 1 amide bonds. The summed E-state index contributed by atoms with van der Waals surface area (Å²) in [5.74, 6) is 0.714. The van der Waals surface area contributed by atoms with Crippen LogP contribution < -0.4 is 5.73 Å². The van der Waals surface area contributed by atoms with E-state index in [-0.39, 0.29) is 29.7 Å². The van der Waals surface area contributed by atoms with Gasteiger partial charge in [0.25, 0.3) is 0 Å². The number of amides is 1. The first kappa shape index (κ1) is 28.4. The minimum atomic E-state index is -1.44. The number of carbonyl (C=O) groups is 1. The molecule has 3 fully saturated rings. The molecule has 0 bridgehead atoms. The van der Waals surface area contributed by atoms with E-state index in [2.05, 4.69) is 59.7 Å². The molecule has 6 heteroatoms. The SMILES string of the molecule is Cc1ccc([C@H]2CN(C3CCCCC3)C[C@@H]2C(=O)N2CCN(C3=C([C@@H](N)C(C)C)C=CCC3(C)F)CC2)cc1. The average molecular weight is 537 g/mol. The summed E-state index contributed by atoms with van der Waals surface area (Å²) >= 11 is 0. The molecule has 1 unspecified atom stereocenters. The van der Waals surface area contributed by atoms with Crippen molar-refractivity contribution in [3.05, 3.63) is 58.8 Å². The standard InChI is InChI=1S/C33H49FN4O/c1-23(2)30(35)27-11-8-16-33(4,34)31(27)36-17-19-37(20-18-36)32(39)29-22-38(26-9-6-5-7-10-26)21-28(29)25-14-12-24(3)13-15-25/h8,11-15,23,26,28-30H,5-7,9-10,16-22,35H2,1-4H3/t28-,29+,30+,33?/m1/s1. The summed E-state index contributed by atoms with van der Waals surface area (Å²) in [6.45, 7) is 12.4. The largest absolute Gasteiger partial charge is 0.368 e. The van der Waals surface area contributed by atoms with Crippen molar-refractivity contribution in [1.82, 2.24) is 14.7 Å². The summed E-state index contributed by atoms with van der Waals surface area (Å²) in [7, 11) is 0. The van der Waals surface area contributed by atoms with Crippen LogP contribution in [0.4, 0.5) is 4.39 Å². The van der Waals surface area contributed by atoms with Crippen molar-refractivity contribution < 1.29 is 9.18 Å². The number of halogens is 1. The van der Waals surface area contributed by atoms with Gasteiger partial charge in [-0.15, -0.1) is 0 Å². The molecule has 4 aliphatic rings. The molecular weight excluding hydrogens is 487 g/mol. The lowest BCUT2D eigenvalue weighted by atomic mass is 9.83. The van der Waals surface area contributed by atoms with Crippen LogP contribution in [0.5, 0.6) is 0 Å². The van der Waals surface area contributed by atoms with Gasteiger partial charge in [-0.25, -0.2) is 4.39 Å². The first-order chi connectivity index (χ1) is 18.7. The van der Waals surface area contributed by atoms with Crippen LogP contribution in [0.2, 0.25) is 0 Å². The van der Waals surface area contributed by atoms with E-state index in [0.29, 0.717) is 38.6 Å². The summed E-state index contributed by atoms with van der Waals surface area (Å²) in [5, 5.41) is 0. The third kappa shape index (κ3) is 5.97. The number of allylic oxidation sites excluding steroid dienone is 2. The minimum absolute atomic E-state index is 0.0191. The molecule has 39 heavy (non-hydrogen) atoms. The molecule has 2 saturated heterocycles. The van der Waals surface area contributed by atoms with Crippen molar-refractivity contribution in [2.75, 3.05) is 39.3 Å². The molecular formula is C33H49FN4O. The molecule has 4 atom stereocenters. The summed E-state index contributed by atoms with van der Waals surface area (Å²) < 4.78 is 15.9. The lowest BCUT2D eigenvalue weighted by Gasteiger charge is -2.44. The minimum Gasteiger partial charge on any atom is -0.368 e. The maximum Gasteiger partial charge on any atom is 0.227 e. The molecule has 2 aliphatic heterocycles. The van der Waals surface area contributed by atoms with Gasteiger partial charge in [-0.1, -0.05) is 75.1 Å². The van der Waals surface area contributed by atoms with Crippen LogP contribution in [-0.2, 0) is 4.79 Å². The Balaban J connectivity index is 1.32. The van der Waals surface area contributed by atoms with E-state index in [9.17, 15) is 4.79 Å². The Bertz CT molecular complexity index is 1060. The predicted octanol–water partition coefficient (Wildman–Crippen LogP) is 5.41. The number of rotatable bonds is 6. The Labute approximate surface area is 235 Å². The quantitative estimate of drug-likeness (QED) is 0.528. The molecule has 1 aromatic carbocycles. The van der Waals surface area contributed by atoms with Gasteiger partial charge in [0, 0.05) is 63.7 Å². The van der Waals surface area contributed by atoms with Crippen LogP contribution in [0, 0.1) is 18.8 Å². The highest BCUT2D eigenvalue weighted by Gasteiger charge is 2.44. The molecule has 1 aromatic rings. The van der Waals surface area contributed by atoms with Gasteiger partial charge in [0.1, 0.15) is 0 Å². The second-order valence-corrected chi connectivity index (χ2v) is 13.1. The fourth-order valence-corrected chi connectivity index (χ4v) is 7.39. The maximum absolute atomic E-state index is 15.9. The number of aryl methyl sites for hydroxylation is 1. The van der Waals surface area contributed by atoms with Gasteiger partial charge in [0.2, 0.25) is 5.91 Å². The summed E-state index contributed by atoms with van der Waals surface area (Å²) in [6, 6.07) is 9.22. The Morgan fingerprint density at radius 3 is 2.33 bits per heavy atom. The van der Waals surface area contributed by atoms with Gasteiger partial charge in [-0.05, 0) is 43.7 Å². The number of benzene rings is 1. The molecule has 214 valence electrons. The lowest BCUT2D eigenvalue weighted by molar-refractivity contribution is -0.137. The van der Waals surface area contributed by atoms with Crippen LogP contribution in [0.3, 0.4) is 0 Å². The van der Waals surface area contributed by atoms with Crippen molar-refractivity contribution in [2.24, 2.45) is 17.6 Å². The van der Waals surface area contributed by atoms with Crippen molar-refractivity contribution in [2.45, 2.75) is 89.9 Å². The molecule has 0 spiro atoms. The van der Waals surface area contributed by atoms with Crippen molar-refractivity contribution >= 4 is 5.91 Å². The van der Waals surface area contributed by atoms with E-state index in [1.807, 2.05) is 12.2 Å². The number of hydrogen-bond acceptors (Lipinski definition) is 4. The van der Waals surface area contributed by atoms with E-state index in [4.69, 9.17) is 5.73 Å². The van der Waals surface area contributed by atoms with Gasteiger partial charge >= 0.3 is 0 Å². The zero-order valence-corrected chi connectivity index (χ0v) is 24.5. The van der Waals surface area contributed by atoms with Crippen LogP contribution >= 0.6 is 0 Å². The number of nitrogens with zero attached hydrogens (tertiary/aromatic N) is 3. The molecule has 5 rings (SSSR count). The monoisotopic (exact) mass is 536 g/mol. The Morgan fingerprint density at radius 1 is 1.03 bits per heavy atom. The third-order valence-corrected chi connectivity index (χ3v) is 9.81. The number of carbonyl (C=O) groups excluding carboxylic acids is 1. The smallest absolute Gasteiger partial charge is 0.227 e. The summed E-state index contributed by atoms with van der Waals surface area (Å²) in [4.78, 5) is 21.0. The fourth-order valence-electron chi connectivity index (χ4n) is 7.39. The Kier molecular flexibility index (Phi) is 8.54. The average Bonchev–Trinajstić information content (AvgIpc) is 3.38. The maximum atomic E-state index is 15.9. The zero-order valence-electron chi connectivity index (χ0n) is 24.5. The number of nitrogens with two attached hydrogens (primary N) is 1. The molecule has 2 aliphatic carbocycles. The summed E-state index contributed by atoms with van der Waals surface area (Å²) in [5.41, 5.74) is 9.30. The highest BCUT2D eigenvalue weighted by Crippen LogP contribution is 2.40. The second-order valence-electron chi connectivity index (χ2n) is 13.1. The van der Waals surface area contributed by atoms with E-state index in [1.165, 1.54) is 43.2 Å². The number of hydrogen-bond donors (Lipinski definition) is 1. The van der Waals surface area contributed by atoms with E-state index in [1.54, 1.807) is 6.92 Å². The van der Waals surface area contributed by atoms with Crippen LogP contribution in [0.25, 0.3) is 0 Å². The zero-order chi connectivity index (χ0) is 27.7. The summed E-state index contributed by atoms with van der Waals surface area (Å²) in [6.07, 6.45) is 10.8. The van der Waals surface area contributed by atoms with Crippen molar-refractivity contribution in [3.63, 3.8) is 0 Å². The molecule has 0 radical (unpaired) electrons. The molecule has 2 heterocycles. The van der Waals surface area contributed by atoms with Gasteiger partial charge in [0.15, 0.2) is 5.67 Å². The number of likely N-dealkylation sites (tertiary alicyclic amines) is 1. The van der Waals surface area contributed by atoms with Crippen LogP contribution in [-0.4, -0.2) is 77.6 Å². The Hall–Kier alpha value is -2.18. The lowest BCUT2D eigenvalue weighted by Crippen LogP contribution is -2.53. The van der Waals surface area contributed by atoms with Gasteiger partial charge in [-0.2, -0.15) is 0 Å². The van der Waals surface area contributed by atoms with Gasteiger partial charge in [0.05, 0.1) is 11.6 Å². The normalized spacial score (nSPS) is 29.9. The second kappa shape index (κ2) is 11.7. The Morgan fingerprint density at radius 2 is 1.69 bits per heavy atom. The number of piperazine rings is 1. The first-order valence-electron chi connectivity index (χ1n) is 15.4. The molecule has 2 N–H and O–H groups in total. The van der Waals surface area contributed by atoms with E-state index >= 15 is 4.39 Å². The van der Waals surface area contributed by atoms with Crippen LogP contribution in [0.15, 0.2) is 47.7 Å². The van der Waals surface area contributed by atoms with Crippen molar-refractivity contribution in [3.8, 4) is 0 Å².